The van der Waals surface area contributed by atoms with Gasteiger partial charge < -0.3 is 4.90 Å². The summed E-state index contributed by atoms with van der Waals surface area (Å²) < 4.78 is 67.1. The highest BCUT2D eigenvalue weighted by atomic mass is 32.2. The number of hydrogen-bond donors (Lipinski definition) is 0. The molecule has 0 bridgehead atoms. The minimum Gasteiger partial charge on any atom is -0.337 e. The van der Waals surface area contributed by atoms with Crippen molar-refractivity contribution in [2.75, 3.05) is 26.2 Å². The van der Waals surface area contributed by atoms with Crippen molar-refractivity contribution < 1.29 is 26.4 Å². The minimum atomic E-state index is -4.63. The molecule has 0 N–H and O–H groups in total. The number of hydrogen-bond acceptors (Lipinski definition) is 4. The van der Waals surface area contributed by atoms with Gasteiger partial charge >= 0.3 is 6.18 Å². The topological polar surface area (TPSA) is 75.5 Å². The quantitative estimate of drug-likeness (QED) is 0.663. The molecule has 11 heteroatoms. The molecule has 1 fully saturated rings. The van der Waals surface area contributed by atoms with Gasteiger partial charge in [-0.25, -0.2) is 8.42 Å². The van der Waals surface area contributed by atoms with Crippen molar-refractivity contribution in [2.45, 2.75) is 24.9 Å². The van der Waals surface area contributed by atoms with Gasteiger partial charge in [-0.2, -0.15) is 22.6 Å². The van der Waals surface area contributed by atoms with Gasteiger partial charge in [0.05, 0.1) is 16.2 Å². The Morgan fingerprint density at radius 3 is 2.32 bits per heavy atom. The lowest BCUT2D eigenvalue weighted by molar-refractivity contribution is -0.137. The van der Waals surface area contributed by atoms with Gasteiger partial charge in [0.2, 0.25) is 15.9 Å². The number of carbonyl (C=O) groups excluding carboxylic acids is 1. The fraction of sp³-hybridized carbons (Fsp3) is 0.400. The molecule has 0 saturated carbocycles. The molecule has 0 spiro atoms. The normalized spacial score (nSPS) is 16.3. The van der Waals surface area contributed by atoms with Crippen LogP contribution in [0.4, 0.5) is 13.2 Å². The molecule has 1 aliphatic rings. The molecular weight excluding hydrogens is 433 g/mol. The molecule has 0 aliphatic carbocycles. The maximum atomic E-state index is 12.9. The molecule has 7 nitrogen and oxygen atoms in total. The SMILES string of the molecule is Cc1nn(C)c(C)c1/C=C\C(=O)N1CCN(S(=O)(=O)c2cccc(C(F)(F)F)c2)CC1. The van der Waals surface area contributed by atoms with E-state index in [1.165, 1.54) is 11.0 Å². The third-order valence-electron chi connectivity index (χ3n) is 5.31. The van der Waals surface area contributed by atoms with Crippen LogP contribution >= 0.6 is 0 Å². The van der Waals surface area contributed by atoms with E-state index >= 15 is 0 Å². The minimum absolute atomic E-state index is 0.00308. The standard InChI is InChI=1S/C20H23F3N4O3S/c1-14-18(15(2)25(3)24-14)7-8-19(28)26-9-11-27(12-10-26)31(29,30)17-6-4-5-16(13-17)20(21,22)23/h4-8,13H,9-12H2,1-3H3/b8-7-. The fourth-order valence-corrected chi connectivity index (χ4v) is 4.89. The zero-order chi connectivity index (χ0) is 23.0. The Morgan fingerprint density at radius 2 is 1.77 bits per heavy atom. The number of carbonyl (C=O) groups is 1. The number of rotatable bonds is 4. The Labute approximate surface area is 178 Å². The maximum Gasteiger partial charge on any atom is 0.416 e. The molecule has 1 aliphatic heterocycles. The maximum absolute atomic E-state index is 12.9. The van der Waals surface area contributed by atoms with Crippen molar-refractivity contribution in [2.24, 2.45) is 7.05 Å². The molecule has 3 rings (SSSR count). The van der Waals surface area contributed by atoms with E-state index in [2.05, 4.69) is 5.10 Å². The van der Waals surface area contributed by atoms with Crippen LogP contribution in [0.25, 0.3) is 6.08 Å². The smallest absolute Gasteiger partial charge is 0.337 e. The van der Waals surface area contributed by atoms with E-state index < -0.39 is 26.7 Å². The lowest BCUT2D eigenvalue weighted by Crippen LogP contribution is -2.50. The van der Waals surface area contributed by atoms with E-state index in [9.17, 15) is 26.4 Å². The third kappa shape index (κ3) is 4.82. The summed E-state index contributed by atoms with van der Waals surface area (Å²) in [4.78, 5) is 13.6. The second-order valence-electron chi connectivity index (χ2n) is 7.30. The largest absolute Gasteiger partial charge is 0.416 e. The highest BCUT2D eigenvalue weighted by Gasteiger charge is 2.34. The first kappa shape index (κ1) is 23.0. The zero-order valence-corrected chi connectivity index (χ0v) is 18.2. The summed E-state index contributed by atoms with van der Waals surface area (Å²) >= 11 is 0. The van der Waals surface area contributed by atoms with Gasteiger partial charge in [0.15, 0.2) is 0 Å². The summed E-state index contributed by atoms with van der Waals surface area (Å²) in [6.45, 7) is 4.03. The van der Waals surface area contributed by atoms with Crippen molar-refractivity contribution in [3.8, 4) is 0 Å². The predicted octanol–water partition coefficient (Wildman–Crippen LogP) is 2.60. The van der Waals surface area contributed by atoms with Gasteiger partial charge in [0, 0.05) is 50.6 Å². The Morgan fingerprint density at radius 1 is 1.13 bits per heavy atom. The monoisotopic (exact) mass is 456 g/mol. The van der Waals surface area contributed by atoms with Crippen molar-refractivity contribution >= 4 is 22.0 Å². The number of alkyl halides is 3. The van der Waals surface area contributed by atoms with Crippen LogP contribution < -0.4 is 0 Å². The number of aromatic nitrogens is 2. The average molecular weight is 456 g/mol. The van der Waals surface area contributed by atoms with Gasteiger partial charge in [0.25, 0.3) is 0 Å². The van der Waals surface area contributed by atoms with Crippen LogP contribution in [-0.4, -0.2) is 59.5 Å². The van der Waals surface area contributed by atoms with E-state index in [0.29, 0.717) is 6.07 Å². The summed E-state index contributed by atoms with van der Waals surface area (Å²) in [6, 6.07) is 3.67. The first-order valence-electron chi connectivity index (χ1n) is 9.56. The van der Waals surface area contributed by atoms with Crippen molar-refractivity contribution in [1.29, 1.82) is 0 Å². The summed E-state index contributed by atoms with van der Waals surface area (Å²) in [6.07, 6.45) is -1.52. The summed E-state index contributed by atoms with van der Waals surface area (Å²) in [5.41, 5.74) is 1.54. The molecule has 1 aromatic heterocycles. The van der Waals surface area contributed by atoms with E-state index in [1.54, 1.807) is 10.8 Å². The van der Waals surface area contributed by atoms with Crippen LogP contribution in [0.5, 0.6) is 0 Å². The summed E-state index contributed by atoms with van der Waals surface area (Å²) in [5, 5.41) is 4.28. The number of piperazine rings is 1. The molecule has 0 unspecified atom stereocenters. The summed E-state index contributed by atoms with van der Waals surface area (Å²) in [7, 11) is -2.28. The van der Waals surface area contributed by atoms with Crippen LogP contribution in [0.2, 0.25) is 0 Å². The first-order valence-corrected chi connectivity index (χ1v) is 11.0. The Kier molecular flexibility index (Phi) is 6.28. The van der Waals surface area contributed by atoms with E-state index in [4.69, 9.17) is 0 Å². The van der Waals surface area contributed by atoms with E-state index in [-0.39, 0.29) is 32.1 Å². The van der Waals surface area contributed by atoms with E-state index in [1.807, 2.05) is 20.9 Å². The van der Waals surface area contributed by atoms with Crippen LogP contribution in [-0.2, 0) is 28.0 Å². The zero-order valence-electron chi connectivity index (χ0n) is 17.3. The van der Waals surface area contributed by atoms with E-state index in [0.717, 1.165) is 39.5 Å². The summed E-state index contributed by atoms with van der Waals surface area (Å²) in [5.74, 6) is -0.265. The lowest BCUT2D eigenvalue weighted by atomic mass is 10.2. The average Bonchev–Trinajstić information content (AvgIpc) is 2.97. The molecule has 168 valence electrons. The molecule has 1 aromatic carbocycles. The molecular formula is C20H23F3N4O3S. The third-order valence-corrected chi connectivity index (χ3v) is 7.20. The highest BCUT2D eigenvalue weighted by molar-refractivity contribution is 7.89. The molecule has 31 heavy (non-hydrogen) atoms. The second-order valence-corrected chi connectivity index (χ2v) is 9.23. The Hall–Kier alpha value is -2.66. The fourth-order valence-electron chi connectivity index (χ4n) is 3.42. The number of benzene rings is 1. The van der Waals surface area contributed by atoms with Crippen LogP contribution in [0, 0.1) is 13.8 Å². The lowest BCUT2D eigenvalue weighted by Gasteiger charge is -2.33. The van der Waals surface area contributed by atoms with Gasteiger partial charge in [-0.1, -0.05) is 6.07 Å². The number of nitrogens with zero attached hydrogens (tertiary/aromatic N) is 4. The van der Waals surface area contributed by atoms with Gasteiger partial charge in [-0.05, 0) is 38.1 Å². The molecule has 1 amide bonds. The van der Waals surface area contributed by atoms with Gasteiger partial charge in [0.1, 0.15) is 0 Å². The first-order chi connectivity index (χ1) is 14.4. The number of aryl methyl sites for hydroxylation is 2. The Bertz CT molecular complexity index is 1120. The van der Waals surface area contributed by atoms with Crippen molar-refractivity contribution in [1.82, 2.24) is 19.0 Å². The molecule has 0 atom stereocenters. The van der Waals surface area contributed by atoms with Crippen LogP contribution in [0.1, 0.15) is 22.5 Å². The molecule has 0 radical (unpaired) electrons. The van der Waals surface area contributed by atoms with Crippen LogP contribution in [0.3, 0.4) is 0 Å². The number of sulfonamides is 1. The molecule has 2 aromatic rings. The number of halogens is 3. The van der Waals surface area contributed by atoms with Gasteiger partial charge in [-0.15, -0.1) is 0 Å². The van der Waals surface area contributed by atoms with Gasteiger partial charge in [-0.3, -0.25) is 9.48 Å². The number of amides is 1. The predicted molar refractivity (Wildman–Crippen MR) is 108 cm³/mol. The Balaban J connectivity index is 1.67. The molecule has 2 heterocycles. The van der Waals surface area contributed by atoms with Crippen LogP contribution in [0.15, 0.2) is 35.2 Å². The molecule has 1 saturated heterocycles. The second kappa shape index (κ2) is 8.46. The van der Waals surface area contributed by atoms with Crippen molar-refractivity contribution in [3.63, 3.8) is 0 Å². The highest BCUT2D eigenvalue weighted by Crippen LogP contribution is 2.31. The van der Waals surface area contributed by atoms with Crippen molar-refractivity contribution in [3.05, 3.63) is 52.9 Å².